The van der Waals surface area contributed by atoms with Crippen molar-refractivity contribution in [3.8, 4) is 0 Å². The van der Waals surface area contributed by atoms with E-state index in [9.17, 15) is 9.59 Å². The Bertz CT molecular complexity index is 536. The summed E-state index contributed by atoms with van der Waals surface area (Å²) < 4.78 is 0. The predicted molar refractivity (Wildman–Crippen MR) is 77.7 cm³/mol. The number of rotatable bonds is 3. The van der Waals surface area contributed by atoms with Gasteiger partial charge < -0.3 is 16.0 Å². The number of fused-ring (bicyclic) bond motifs is 1. The maximum absolute atomic E-state index is 12.0. The number of aryl methyl sites for hydroxylation is 1. The minimum atomic E-state index is 0.0456. The van der Waals surface area contributed by atoms with E-state index in [0.29, 0.717) is 18.9 Å². The first-order chi connectivity index (χ1) is 9.70. The molecule has 0 saturated carbocycles. The van der Waals surface area contributed by atoms with Crippen LogP contribution in [0.1, 0.15) is 31.2 Å². The Morgan fingerprint density at radius 2 is 2.25 bits per heavy atom. The highest BCUT2D eigenvalue weighted by molar-refractivity contribution is 5.95. The maximum atomic E-state index is 12.0. The van der Waals surface area contributed by atoms with E-state index in [4.69, 9.17) is 0 Å². The van der Waals surface area contributed by atoms with E-state index >= 15 is 0 Å². The van der Waals surface area contributed by atoms with Gasteiger partial charge in [0.2, 0.25) is 11.8 Å². The van der Waals surface area contributed by atoms with Crippen molar-refractivity contribution in [2.45, 2.75) is 38.1 Å². The first-order valence-corrected chi connectivity index (χ1v) is 7.17. The van der Waals surface area contributed by atoms with Gasteiger partial charge in [0.1, 0.15) is 0 Å². The second-order valence-electron chi connectivity index (χ2n) is 5.47. The van der Waals surface area contributed by atoms with Crippen LogP contribution < -0.4 is 16.0 Å². The topological polar surface area (TPSA) is 70.2 Å². The number of benzene rings is 1. The van der Waals surface area contributed by atoms with Crippen LogP contribution in [0.3, 0.4) is 0 Å². The summed E-state index contributed by atoms with van der Waals surface area (Å²) in [6.07, 6.45) is 3.99. The largest absolute Gasteiger partial charge is 0.326 e. The molecule has 2 aliphatic rings. The summed E-state index contributed by atoms with van der Waals surface area (Å²) in [6.45, 7) is 1.01. The van der Waals surface area contributed by atoms with E-state index in [-0.39, 0.29) is 11.8 Å². The second-order valence-corrected chi connectivity index (χ2v) is 5.47. The van der Waals surface area contributed by atoms with Crippen LogP contribution in [0.2, 0.25) is 0 Å². The molecule has 1 unspecified atom stereocenters. The molecule has 0 bridgehead atoms. The molecule has 2 heterocycles. The Balaban J connectivity index is 1.62. The van der Waals surface area contributed by atoms with E-state index in [0.717, 1.165) is 42.7 Å². The Labute approximate surface area is 118 Å². The Morgan fingerprint density at radius 1 is 1.35 bits per heavy atom. The number of hydrogen-bond donors (Lipinski definition) is 3. The number of amides is 2. The van der Waals surface area contributed by atoms with Gasteiger partial charge in [0.25, 0.3) is 0 Å². The summed E-state index contributed by atoms with van der Waals surface area (Å²) in [5.41, 5.74) is 2.75. The van der Waals surface area contributed by atoms with Crippen molar-refractivity contribution >= 4 is 23.2 Å². The van der Waals surface area contributed by atoms with Gasteiger partial charge in [0.05, 0.1) is 0 Å². The quantitative estimate of drug-likeness (QED) is 0.784. The number of carbonyl (C=O) groups is 2. The summed E-state index contributed by atoms with van der Waals surface area (Å²) in [7, 11) is 0. The highest BCUT2D eigenvalue weighted by atomic mass is 16.2. The lowest BCUT2D eigenvalue weighted by Crippen LogP contribution is -2.27. The molecule has 3 rings (SSSR count). The summed E-state index contributed by atoms with van der Waals surface area (Å²) in [5.74, 6) is 0.103. The summed E-state index contributed by atoms with van der Waals surface area (Å²) in [6, 6.07) is 5.96. The van der Waals surface area contributed by atoms with E-state index < -0.39 is 0 Å². The molecule has 1 aromatic carbocycles. The third-order valence-corrected chi connectivity index (χ3v) is 3.88. The zero-order valence-electron chi connectivity index (χ0n) is 11.4. The van der Waals surface area contributed by atoms with Gasteiger partial charge in [-0.25, -0.2) is 0 Å². The minimum Gasteiger partial charge on any atom is -0.326 e. The summed E-state index contributed by atoms with van der Waals surface area (Å²) in [4.78, 5) is 23.3. The van der Waals surface area contributed by atoms with Crippen molar-refractivity contribution in [2.24, 2.45) is 0 Å². The van der Waals surface area contributed by atoms with Crippen LogP contribution in [0.4, 0.5) is 11.4 Å². The second kappa shape index (κ2) is 5.63. The van der Waals surface area contributed by atoms with Gasteiger partial charge in [-0.15, -0.1) is 0 Å². The fourth-order valence-corrected chi connectivity index (χ4v) is 2.83. The molecule has 0 radical (unpaired) electrons. The molecule has 5 nitrogen and oxygen atoms in total. The lowest BCUT2D eigenvalue weighted by Gasteiger charge is -2.18. The van der Waals surface area contributed by atoms with Crippen molar-refractivity contribution < 1.29 is 9.59 Å². The van der Waals surface area contributed by atoms with Crippen LogP contribution in [-0.4, -0.2) is 24.4 Å². The standard InChI is InChI=1S/C15H19N3O2/c19-14-6-3-10-8-12(4-5-13(10)18-14)17-15(20)9-11-2-1-7-16-11/h4-5,8,11,16H,1-3,6-7,9H2,(H,17,20)(H,18,19). The molecule has 20 heavy (non-hydrogen) atoms. The zero-order chi connectivity index (χ0) is 13.9. The van der Waals surface area contributed by atoms with Crippen LogP contribution in [0.15, 0.2) is 18.2 Å². The fraction of sp³-hybridized carbons (Fsp3) is 0.467. The van der Waals surface area contributed by atoms with Crippen LogP contribution in [0.25, 0.3) is 0 Å². The Hall–Kier alpha value is -1.88. The molecule has 1 fully saturated rings. The van der Waals surface area contributed by atoms with Crippen LogP contribution in [-0.2, 0) is 16.0 Å². The highest BCUT2D eigenvalue weighted by Crippen LogP contribution is 2.25. The number of anilines is 2. The minimum absolute atomic E-state index is 0.0456. The van der Waals surface area contributed by atoms with Gasteiger partial charge in [0, 0.05) is 30.3 Å². The van der Waals surface area contributed by atoms with Crippen molar-refractivity contribution in [1.29, 1.82) is 0 Å². The van der Waals surface area contributed by atoms with Gasteiger partial charge in [0.15, 0.2) is 0 Å². The summed E-state index contributed by atoms with van der Waals surface area (Å²) in [5, 5.41) is 9.10. The first-order valence-electron chi connectivity index (χ1n) is 7.17. The van der Waals surface area contributed by atoms with Crippen LogP contribution in [0, 0.1) is 0 Å². The lowest BCUT2D eigenvalue weighted by molar-refractivity contribution is -0.117. The predicted octanol–water partition coefficient (Wildman–Crippen LogP) is 1.65. The van der Waals surface area contributed by atoms with Gasteiger partial charge in [-0.1, -0.05) is 0 Å². The van der Waals surface area contributed by atoms with Crippen LogP contribution >= 0.6 is 0 Å². The van der Waals surface area contributed by atoms with E-state index in [1.54, 1.807) is 0 Å². The Morgan fingerprint density at radius 3 is 3.05 bits per heavy atom. The molecular weight excluding hydrogens is 254 g/mol. The van der Waals surface area contributed by atoms with Crippen molar-refractivity contribution in [3.63, 3.8) is 0 Å². The zero-order valence-corrected chi connectivity index (χ0v) is 11.4. The molecule has 5 heteroatoms. The number of carbonyl (C=O) groups excluding carboxylic acids is 2. The van der Waals surface area contributed by atoms with Gasteiger partial charge in [-0.05, 0) is 49.6 Å². The van der Waals surface area contributed by atoms with Crippen molar-refractivity contribution in [3.05, 3.63) is 23.8 Å². The van der Waals surface area contributed by atoms with E-state index in [2.05, 4.69) is 16.0 Å². The monoisotopic (exact) mass is 273 g/mol. The van der Waals surface area contributed by atoms with Crippen molar-refractivity contribution in [1.82, 2.24) is 5.32 Å². The number of nitrogens with one attached hydrogen (secondary N) is 3. The van der Waals surface area contributed by atoms with Gasteiger partial charge >= 0.3 is 0 Å². The molecule has 0 spiro atoms. The first kappa shape index (κ1) is 13.1. The molecule has 0 aliphatic carbocycles. The van der Waals surface area contributed by atoms with Gasteiger partial charge in [-0.2, -0.15) is 0 Å². The molecular formula is C15H19N3O2. The van der Waals surface area contributed by atoms with E-state index in [1.807, 2.05) is 18.2 Å². The molecule has 0 aromatic heterocycles. The molecule has 2 aliphatic heterocycles. The maximum Gasteiger partial charge on any atom is 0.225 e. The average Bonchev–Trinajstić information content (AvgIpc) is 2.91. The molecule has 3 N–H and O–H groups in total. The van der Waals surface area contributed by atoms with Crippen LogP contribution in [0.5, 0.6) is 0 Å². The van der Waals surface area contributed by atoms with Crippen molar-refractivity contribution in [2.75, 3.05) is 17.2 Å². The lowest BCUT2D eigenvalue weighted by atomic mass is 10.0. The molecule has 106 valence electrons. The van der Waals surface area contributed by atoms with E-state index in [1.165, 1.54) is 0 Å². The third kappa shape index (κ3) is 2.99. The normalized spacial score (nSPS) is 21.2. The Kier molecular flexibility index (Phi) is 3.69. The molecule has 1 saturated heterocycles. The number of hydrogen-bond acceptors (Lipinski definition) is 3. The molecule has 1 atom stereocenters. The van der Waals surface area contributed by atoms with Gasteiger partial charge in [-0.3, -0.25) is 9.59 Å². The SMILES string of the molecule is O=C(CC1CCCN1)Nc1ccc2c(c1)CCC(=O)N2. The third-order valence-electron chi connectivity index (χ3n) is 3.88. The fourth-order valence-electron chi connectivity index (χ4n) is 2.83. The average molecular weight is 273 g/mol. The molecule has 2 amide bonds. The molecule has 1 aromatic rings. The smallest absolute Gasteiger partial charge is 0.225 e. The summed E-state index contributed by atoms with van der Waals surface area (Å²) >= 11 is 0. The highest BCUT2D eigenvalue weighted by Gasteiger charge is 2.18.